The number of nitrogens with zero attached hydrogens (tertiary/aromatic N) is 4. The zero-order chi connectivity index (χ0) is 19.8. The largest absolute Gasteiger partial charge is 0.478 e. The Kier molecular flexibility index (Phi) is 4.12. The topological polar surface area (TPSA) is 107 Å². The van der Waals surface area contributed by atoms with Gasteiger partial charge >= 0.3 is 5.97 Å². The Morgan fingerprint density at radius 2 is 1.82 bits per heavy atom. The Morgan fingerprint density at radius 3 is 2.50 bits per heavy atom. The number of aromatic nitrogens is 4. The number of hydrogen-bond donors (Lipinski definition) is 2. The highest BCUT2D eigenvalue weighted by atomic mass is 16.4. The van der Waals surface area contributed by atoms with Crippen molar-refractivity contribution in [3.63, 3.8) is 0 Å². The molecule has 2 aromatic heterocycles. The number of carboxylic acids is 1. The van der Waals surface area contributed by atoms with Crippen LogP contribution in [0.1, 0.15) is 17.3 Å². The summed E-state index contributed by atoms with van der Waals surface area (Å²) in [5, 5.41) is 9.56. The number of fused-ring (bicyclic) bond motifs is 1. The minimum absolute atomic E-state index is 0.187. The molecule has 0 saturated carbocycles. The van der Waals surface area contributed by atoms with E-state index in [1.54, 1.807) is 36.7 Å². The fourth-order valence-corrected chi connectivity index (χ4v) is 3.18. The molecule has 7 heteroatoms. The van der Waals surface area contributed by atoms with Crippen LogP contribution in [0.5, 0.6) is 0 Å². The number of allylic oxidation sites excluding steroid dienone is 1. The van der Waals surface area contributed by atoms with Gasteiger partial charge in [0.25, 0.3) is 0 Å². The molecular weight excluding hydrogens is 354 g/mol. The van der Waals surface area contributed by atoms with Gasteiger partial charge in [0.05, 0.1) is 16.6 Å². The molecule has 3 N–H and O–H groups in total. The number of imidazole rings is 1. The molecule has 2 aromatic carbocycles. The van der Waals surface area contributed by atoms with E-state index in [1.807, 2.05) is 29.7 Å². The van der Waals surface area contributed by atoms with Crippen LogP contribution in [0.15, 0.2) is 61.4 Å². The number of nitrogen functional groups attached to an aromatic ring is 1. The lowest BCUT2D eigenvalue weighted by molar-refractivity contribution is 0.0697. The summed E-state index contributed by atoms with van der Waals surface area (Å²) < 4.78 is 1.86. The number of anilines is 1. The van der Waals surface area contributed by atoms with Gasteiger partial charge in [-0.15, -0.1) is 0 Å². The van der Waals surface area contributed by atoms with Crippen molar-refractivity contribution in [1.29, 1.82) is 0 Å². The van der Waals surface area contributed by atoms with Crippen LogP contribution in [-0.2, 0) is 0 Å². The first-order valence-corrected chi connectivity index (χ1v) is 8.54. The lowest BCUT2D eigenvalue weighted by Gasteiger charge is -2.10. The normalized spacial score (nSPS) is 10.9. The van der Waals surface area contributed by atoms with Crippen LogP contribution in [0.4, 0.5) is 5.95 Å². The summed E-state index contributed by atoms with van der Waals surface area (Å²) in [5.41, 5.74) is 10.3. The maximum Gasteiger partial charge on any atom is 0.336 e. The molecule has 0 saturated heterocycles. The molecular formula is C21H17N5O2. The molecule has 0 aliphatic carbocycles. The van der Waals surface area contributed by atoms with Crippen LogP contribution >= 0.6 is 0 Å². The molecule has 2 heterocycles. The third-order valence-corrected chi connectivity index (χ3v) is 4.44. The molecule has 0 bridgehead atoms. The molecule has 0 spiro atoms. The number of aromatic carboxylic acids is 1. The summed E-state index contributed by atoms with van der Waals surface area (Å²) in [4.78, 5) is 24.5. The minimum atomic E-state index is -1.00. The van der Waals surface area contributed by atoms with Crippen LogP contribution in [0.3, 0.4) is 0 Å². The number of benzene rings is 2. The zero-order valence-corrected chi connectivity index (χ0v) is 15.1. The lowest BCUT2D eigenvalue weighted by atomic mass is 10.1. The van der Waals surface area contributed by atoms with Crippen LogP contribution < -0.4 is 5.73 Å². The average molecular weight is 371 g/mol. The van der Waals surface area contributed by atoms with E-state index >= 15 is 0 Å². The van der Waals surface area contributed by atoms with Crippen molar-refractivity contribution in [1.82, 2.24) is 19.5 Å². The standard InChI is InChI=1S/C21H17N5O2/c1-12(2)26-18-8-7-13(14-10-23-21(22)24-11-14)9-17(18)25-19(26)15-5-3-4-6-16(15)20(27)28/h3-11H,1H2,2H3,(H,27,28)(H2,22,23,24). The van der Waals surface area contributed by atoms with Gasteiger partial charge in [-0.05, 0) is 30.7 Å². The summed E-state index contributed by atoms with van der Waals surface area (Å²) in [7, 11) is 0. The van der Waals surface area contributed by atoms with Crippen LogP contribution in [0.25, 0.3) is 39.2 Å². The molecule has 0 fully saturated rings. The molecule has 0 amide bonds. The average Bonchev–Trinajstić information content (AvgIpc) is 3.07. The molecule has 4 aromatic rings. The Balaban J connectivity index is 1.95. The fourth-order valence-electron chi connectivity index (χ4n) is 3.18. The summed E-state index contributed by atoms with van der Waals surface area (Å²) in [6.45, 7) is 5.90. The van der Waals surface area contributed by atoms with Crippen LogP contribution in [0, 0.1) is 0 Å². The predicted molar refractivity (Wildman–Crippen MR) is 109 cm³/mol. The molecule has 0 aliphatic rings. The number of hydrogen-bond acceptors (Lipinski definition) is 5. The van der Waals surface area contributed by atoms with Gasteiger partial charge in [0.1, 0.15) is 5.82 Å². The predicted octanol–water partition coefficient (Wildman–Crippen LogP) is 3.93. The first kappa shape index (κ1) is 17.4. The molecule has 4 rings (SSSR count). The quantitative estimate of drug-likeness (QED) is 0.563. The van der Waals surface area contributed by atoms with Crippen molar-refractivity contribution in [2.24, 2.45) is 0 Å². The van der Waals surface area contributed by atoms with Crippen LogP contribution in [0.2, 0.25) is 0 Å². The SMILES string of the molecule is C=C(C)n1c(-c2ccccc2C(=O)O)nc2cc(-c3cnc(N)nc3)ccc21. The maximum absolute atomic E-state index is 11.7. The fraction of sp³-hybridized carbons (Fsp3) is 0.0476. The second-order valence-corrected chi connectivity index (χ2v) is 6.39. The Bertz CT molecular complexity index is 1230. The van der Waals surface area contributed by atoms with Gasteiger partial charge in [0.15, 0.2) is 0 Å². The second kappa shape index (κ2) is 6.62. The summed E-state index contributed by atoms with van der Waals surface area (Å²) in [6.07, 6.45) is 3.31. The maximum atomic E-state index is 11.7. The van der Waals surface area contributed by atoms with Crippen molar-refractivity contribution >= 4 is 28.6 Å². The van der Waals surface area contributed by atoms with Crippen molar-refractivity contribution in [3.05, 3.63) is 67.0 Å². The first-order chi connectivity index (χ1) is 13.5. The van der Waals surface area contributed by atoms with Gasteiger partial charge in [0, 0.05) is 29.2 Å². The highest BCUT2D eigenvalue weighted by Gasteiger charge is 2.19. The third-order valence-electron chi connectivity index (χ3n) is 4.44. The van der Waals surface area contributed by atoms with E-state index in [1.165, 1.54) is 0 Å². The Labute approximate surface area is 160 Å². The van der Waals surface area contributed by atoms with Crippen molar-refractivity contribution in [2.45, 2.75) is 6.92 Å². The van der Waals surface area contributed by atoms with E-state index in [2.05, 4.69) is 16.5 Å². The van der Waals surface area contributed by atoms with Gasteiger partial charge in [-0.2, -0.15) is 0 Å². The van der Waals surface area contributed by atoms with Gasteiger partial charge in [-0.3, -0.25) is 4.57 Å². The minimum Gasteiger partial charge on any atom is -0.478 e. The lowest BCUT2D eigenvalue weighted by Crippen LogP contribution is -2.03. The van der Waals surface area contributed by atoms with Gasteiger partial charge in [-0.25, -0.2) is 19.7 Å². The number of nitrogens with two attached hydrogens (primary N) is 1. The van der Waals surface area contributed by atoms with E-state index in [-0.39, 0.29) is 11.5 Å². The summed E-state index contributed by atoms with van der Waals surface area (Å²) >= 11 is 0. The zero-order valence-electron chi connectivity index (χ0n) is 15.1. The molecule has 0 atom stereocenters. The number of carboxylic acid groups (broad SMARTS) is 1. The van der Waals surface area contributed by atoms with Crippen molar-refractivity contribution in [3.8, 4) is 22.5 Å². The van der Waals surface area contributed by atoms with Gasteiger partial charge in [0.2, 0.25) is 5.95 Å². The Morgan fingerprint density at radius 1 is 1.11 bits per heavy atom. The van der Waals surface area contributed by atoms with E-state index in [9.17, 15) is 9.90 Å². The number of carbonyl (C=O) groups is 1. The van der Waals surface area contributed by atoms with Crippen LogP contribution in [-0.4, -0.2) is 30.6 Å². The van der Waals surface area contributed by atoms with E-state index in [0.29, 0.717) is 16.9 Å². The molecule has 0 aliphatic heterocycles. The summed E-state index contributed by atoms with van der Waals surface area (Å²) in [6, 6.07) is 12.6. The monoisotopic (exact) mass is 371 g/mol. The van der Waals surface area contributed by atoms with Crippen molar-refractivity contribution < 1.29 is 9.90 Å². The number of rotatable bonds is 4. The molecule has 0 radical (unpaired) electrons. The van der Waals surface area contributed by atoms with Crippen molar-refractivity contribution in [2.75, 3.05) is 5.73 Å². The highest BCUT2D eigenvalue weighted by Crippen LogP contribution is 2.32. The van der Waals surface area contributed by atoms with E-state index in [0.717, 1.165) is 22.3 Å². The molecule has 0 unspecified atom stereocenters. The molecule has 7 nitrogen and oxygen atoms in total. The van der Waals surface area contributed by atoms with E-state index in [4.69, 9.17) is 10.7 Å². The second-order valence-electron chi connectivity index (χ2n) is 6.39. The molecule has 28 heavy (non-hydrogen) atoms. The summed E-state index contributed by atoms with van der Waals surface area (Å²) in [5.74, 6) is -0.259. The van der Waals surface area contributed by atoms with E-state index < -0.39 is 5.97 Å². The highest BCUT2D eigenvalue weighted by molar-refractivity contribution is 5.97. The Hall–Kier alpha value is -4.00. The van der Waals surface area contributed by atoms with Gasteiger partial charge in [-0.1, -0.05) is 30.8 Å². The first-order valence-electron chi connectivity index (χ1n) is 8.54. The smallest absolute Gasteiger partial charge is 0.336 e. The van der Waals surface area contributed by atoms with Gasteiger partial charge < -0.3 is 10.8 Å². The third kappa shape index (κ3) is 2.88. The molecule has 138 valence electrons.